The zero-order chi connectivity index (χ0) is 13.9. The van der Waals surface area contributed by atoms with Crippen LogP contribution in [0.4, 0.5) is 0 Å². The Hall–Kier alpha value is -0.610. The molecule has 1 saturated heterocycles. The molecule has 3 unspecified atom stereocenters. The van der Waals surface area contributed by atoms with Crippen LogP contribution in [0.3, 0.4) is 0 Å². The minimum Gasteiger partial charge on any atom is -0.384 e. The molecule has 2 rings (SSSR count). The van der Waals surface area contributed by atoms with Gasteiger partial charge in [-0.15, -0.1) is 0 Å². The number of piperidine rings is 1. The Kier molecular flexibility index (Phi) is 4.85. The number of ether oxygens (including phenoxy) is 1. The van der Waals surface area contributed by atoms with E-state index in [9.17, 15) is 4.79 Å². The molecule has 2 aliphatic rings. The molecule has 1 aliphatic heterocycles. The van der Waals surface area contributed by atoms with Crippen LogP contribution in [0.15, 0.2) is 0 Å². The van der Waals surface area contributed by atoms with Crippen molar-refractivity contribution in [2.24, 2.45) is 17.6 Å². The van der Waals surface area contributed by atoms with Gasteiger partial charge in [0.2, 0.25) is 5.91 Å². The molecule has 0 spiro atoms. The summed E-state index contributed by atoms with van der Waals surface area (Å²) in [5.41, 5.74) is 5.82. The molecule has 0 aromatic heterocycles. The predicted molar refractivity (Wildman–Crippen MR) is 75.7 cm³/mol. The Morgan fingerprint density at radius 3 is 2.89 bits per heavy atom. The zero-order valence-corrected chi connectivity index (χ0v) is 12.4. The molecule has 1 amide bonds. The molecule has 1 saturated carbocycles. The van der Waals surface area contributed by atoms with Crippen LogP contribution >= 0.6 is 0 Å². The van der Waals surface area contributed by atoms with Crippen molar-refractivity contribution in [3.63, 3.8) is 0 Å². The average Bonchev–Trinajstić information content (AvgIpc) is 2.38. The molecule has 0 radical (unpaired) electrons. The normalized spacial score (nSPS) is 36.3. The summed E-state index contributed by atoms with van der Waals surface area (Å²) in [6.45, 7) is 4.64. The molecule has 0 aromatic carbocycles. The van der Waals surface area contributed by atoms with E-state index >= 15 is 0 Å². The minimum atomic E-state index is -0.605. The zero-order valence-electron chi connectivity index (χ0n) is 12.4. The topological polar surface area (TPSA) is 55.6 Å². The Bertz CT molecular complexity index is 319. The summed E-state index contributed by atoms with van der Waals surface area (Å²) in [4.78, 5) is 14.7. The molecular formula is C15H28N2O2. The van der Waals surface area contributed by atoms with E-state index in [-0.39, 0.29) is 5.91 Å². The minimum absolute atomic E-state index is 0.180. The summed E-state index contributed by atoms with van der Waals surface area (Å²) in [6.07, 6.45) is 6.22. The molecule has 0 aromatic rings. The van der Waals surface area contributed by atoms with Gasteiger partial charge in [-0.25, -0.2) is 0 Å². The third-order valence-corrected chi connectivity index (χ3v) is 4.67. The highest BCUT2D eigenvalue weighted by molar-refractivity contribution is 5.86. The van der Waals surface area contributed by atoms with E-state index in [2.05, 4.69) is 6.92 Å². The number of nitrogens with zero attached hydrogens (tertiary/aromatic N) is 1. The molecule has 110 valence electrons. The molecule has 0 bridgehead atoms. The van der Waals surface area contributed by atoms with Crippen LogP contribution in [0.1, 0.15) is 45.4 Å². The van der Waals surface area contributed by atoms with Crippen molar-refractivity contribution in [1.82, 2.24) is 4.90 Å². The smallest absolute Gasteiger partial charge is 0.242 e. The lowest BCUT2D eigenvalue weighted by Crippen LogP contribution is -2.59. The fourth-order valence-electron chi connectivity index (χ4n) is 3.72. The highest BCUT2D eigenvalue weighted by Crippen LogP contribution is 2.32. The van der Waals surface area contributed by atoms with Crippen LogP contribution in [0, 0.1) is 11.8 Å². The van der Waals surface area contributed by atoms with Gasteiger partial charge in [-0.3, -0.25) is 4.79 Å². The standard InChI is InChI=1S/C15H28N2O2/c1-12-5-3-7-15(16,9-12)14(18)17-8-4-6-13(10-17)11-19-2/h12-13H,3-11,16H2,1-2H3. The first kappa shape index (κ1) is 14.8. The van der Waals surface area contributed by atoms with Crippen molar-refractivity contribution >= 4 is 5.91 Å². The van der Waals surface area contributed by atoms with Gasteiger partial charge in [0.05, 0.1) is 12.1 Å². The molecule has 3 atom stereocenters. The lowest BCUT2D eigenvalue weighted by molar-refractivity contribution is -0.141. The van der Waals surface area contributed by atoms with Gasteiger partial charge < -0.3 is 15.4 Å². The van der Waals surface area contributed by atoms with E-state index in [1.54, 1.807) is 7.11 Å². The number of nitrogens with two attached hydrogens (primary N) is 1. The van der Waals surface area contributed by atoms with Crippen molar-refractivity contribution in [3.8, 4) is 0 Å². The van der Waals surface area contributed by atoms with E-state index in [0.29, 0.717) is 11.8 Å². The van der Waals surface area contributed by atoms with Crippen LogP contribution in [0.5, 0.6) is 0 Å². The van der Waals surface area contributed by atoms with E-state index in [1.807, 2.05) is 4.90 Å². The van der Waals surface area contributed by atoms with Crippen molar-refractivity contribution in [2.75, 3.05) is 26.8 Å². The van der Waals surface area contributed by atoms with Crippen molar-refractivity contribution < 1.29 is 9.53 Å². The van der Waals surface area contributed by atoms with Crippen molar-refractivity contribution in [3.05, 3.63) is 0 Å². The number of rotatable bonds is 3. The second-order valence-electron chi connectivity index (χ2n) is 6.57. The summed E-state index contributed by atoms with van der Waals surface area (Å²) >= 11 is 0. The number of hydrogen-bond donors (Lipinski definition) is 1. The van der Waals surface area contributed by atoms with Crippen LogP contribution in [-0.4, -0.2) is 43.2 Å². The summed E-state index contributed by atoms with van der Waals surface area (Å²) in [5, 5.41) is 0. The quantitative estimate of drug-likeness (QED) is 0.849. The number of carbonyl (C=O) groups is 1. The fraction of sp³-hybridized carbons (Fsp3) is 0.933. The Morgan fingerprint density at radius 2 is 2.21 bits per heavy atom. The molecule has 19 heavy (non-hydrogen) atoms. The van der Waals surface area contributed by atoms with Gasteiger partial charge in [0.15, 0.2) is 0 Å². The van der Waals surface area contributed by atoms with E-state index < -0.39 is 5.54 Å². The van der Waals surface area contributed by atoms with Crippen molar-refractivity contribution in [1.29, 1.82) is 0 Å². The van der Waals surface area contributed by atoms with Crippen LogP contribution in [-0.2, 0) is 9.53 Å². The van der Waals surface area contributed by atoms with Gasteiger partial charge in [-0.1, -0.05) is 19.8 Å². The summed E-state index contributed by atoms with van der Waals surface area (Å²) in [5.74, 6) is 1.23. The Morgan fingerprint density at radius 1 is 1.42 bits per heavy atom. The van der Waals surface area contributed by atoms with Crippen LogP contribution in [0.25, 0.3) is 0 Å². The number of amides is 1. The number of likely N-dealkylation sites (tertiary alicyclic amines) is 1. The first-order chi connectivity index (χ1) is 9.05. The van der Waals surface area contributed by atoms with Crippen LogP contribution < -0.4 is 5.73 Å². The molecule has 1 aliphatic carbocycles. The first-order valence-corrected chi connectivity index (χ1v) is 7.62. The maximum Gasteiger partial charge on any atom is 0.242 e. The lowest BCUT2D eigenvalue weighted by atomic mass is 9.76. The van der Waals surface area contributed by atoms with Gasteiger partial charge >= 0.3 is 0 Å². The highest BCUT2D eigenvalue weighted by atomic mass is 16.5. The maximum absolute atomic E-state index is 12.7. The second-order valence-corrected chi connectivity index (χ2v) is 6.57. The molecule has 4 nitrogen and oxygen atoms in total. The van der Waals surface area contributed by atoms with Crippen molar-refractivity contribution in [2.45, 2.75) is 51.0 Å². The predicted octanol–water partition coefficient (Wildman–Crippen LogP) is 1.78. The van der Waals surface area contributed by atoms with E-state index in [0.717, 1.165) is 51.8 Å². The Labute approximate surface area is 116 Å². The van der Waals surface area contributed by atoms with E-state index in [1.165, 1.54) is 6.42 Å². The van der Waals surface area contributed by atoms with E-state index in [4.69, 9.17) is 10.5 Å². The molecule has 2 fully saturated rings. The third-order valence-electron chi connectivity index (χ3n) is 4.67. The van der Waals surface area contributed by atoms with Crippen LogP contribution in [0.2, 0.25) is 0 Å². The number of hydrogen-bond acceptors (Lipinski definition) is 3. The average molecular weight is 268 g/mol. The largest absolute Gasteiger partial charge is 0.384 e. The molecular weight excluding hydrogens is 240 g/mol. The van der Waals surface area contributed by atoms with Gasteiger partial charge in [0.25, 0.3) is 0 Å². The van der Waals surface area contributed by atoms with Gasteiger partial charge in [0.1, 0.15) is 0 Å². The number of methoxy groups -OCH3 is 1. The lowest BCUT2D eigenvalue weighted by Gasteiger charge is -2.41. The number of carbonyl (C=O) groups excluding carboxylic acids is 1. The summed E-state index contributed by atoms with van der Waals surface area (Å²) in [6, 6.07) is 0. The summed E-state index contributed by atoms with van der Waals surface area (Å²) < 4.78 is 5.23. The monoisotopic (exact) mass is 268 g/mol. The Balaban J connectivity index is 1.98. The molecule has 4 heteroatoms. The SMILES string of the molecule is COCC1CCCN(C(=O)C2(N)CCCC(C)C2)C1. The maximum atomic E-state index is 12.7. The highest BCUT2D eigenvalue weighted by Gasteiger charge is 2.41. The first-order valence-electron chi connectivity index (χ1n) is 7.62. The van der Waals surface area contributed by atoms with Gasteiger partial charge in [-0.05, 0) is 37.5 Å². The fourth-order valence-corrected chi connectivity index (χ4v) is 3.72. The summed E-state index contributed by atoms with van der Waals surface area (Å²) in [7, 11) is 1.73. The molecule has 2 N–H and O–H groups in total. The van der Waals surface area contributed by atoms with Gasteiger partial charge in [-0.2, -0.15) is 0 Å². The van der Waals surface area contributed by atoms with Gasteiger partial charge in [0, 0.05) is 20.2 Å². The second kappa shape index (κ2) is 6.23. The molecule has 1 heterocycles. The third kappa shape index (κ3) is 3.48.